The molecule has 8 heteroatoms. The number of rotatable bonds is 10. The van der Waals surface area contributed by atoms with E-state index in [-0.39, 0.29) is 39.7 Å². The van der Waals surface area contributed by atoms with E-state index in [1.165, 1.54) is 45.1 Å². The van der Waals surface area contributed by atoms with Crippen molar-refractivity contribution in [3.8, 4) is 45.3 Å². The van der Waals surface area contributed by atoms with Crippen LogP contribution in [0.25, 0.3) is 22.3 Å². The van der Waals surface area contributed by atoms with Gasteiger partial charge in [0.15, 0.2) is 23.0 Å². The minimum atomic E-state index is -0.668. The highest BCUT2D eigenvalue weighted by Crippen LogP contribution is 2.36. The Labute approximate surface area is 244 Å². The van der Waals surface area contributed by atoms with Crippen molar-refractivity contribution >= 4 is 23.9 Å². The van der Waals surface area contributed by atoms with Crippen LogP contribution in [0.2, 0.25) is 0 Å². The third-order valence-electron chi connectivity index (χ3n) is 5.61. The van der Waals surface area contributed by atoms with Gasteiger partial charge in [-0.3, -0.25) is 0 Å². The molecule has 214 valence electrons. The molecule has 0 saturated heterocycles. The van der Waals surface area contributed by atoms with E-state index in [2.05, 4.69) is 19.7 Å². The third-order valence-corrected chi connectivity index (χ3v) is 5.61. The third kappa shape index (κ3) is 8.02. The van der Waals surface area contributed by atoms with Gasteiger partial charge in [0, 0.05) is 22.8 Å². The topological polar surface area (TPSA) is 105 Å². The number of carbonyl (C=O) groups excluding carboxylic acids is 4. The van der Waals surface area contributed by atoms with E-state index in [1.807, 2.05) is 24.3 Å². The van der Waals surface area contributed by atoms with Gasteiger partial charge in [0.2, 0.25) is 0 Å². The Morgan fingerprint density at radius 1 is 0.524 bits per heavy atom. The molecule has 0 saturated carbocycles. The molecule has 0 aliphatic rings. The fourth-order valence-corrected chi connectivity index (χ4v) is 3.40. The minimum Gasteiger partial charge on any atom is -0.419 e. The van der Waals surface area contributed by atoms with Gasteiger partial charge < -0.3 is 18.9 Å². The van der Waals surface area contributed by atoms with Gasteiger partial charge in [-0.15, -0.1) is 0 Å². The number of benzene rings is 3. The molecule has 0 heterocycles. The molecule has 0 aliphatic carbocycles. The van der Waals surface area contributed by atoms with Gasteiger partial charge in [-0.2, -0.15) is 0 Å². The van der Waals surface area contributed by atoms with Gasteiger partial charge in [0.05, 0.1) is 0 Å². The highest BCUT2D eigenvalue weighted by Gasteiger charge is 2.18. The van der Waals surface area contributed by atoms with Crippen molar-refractivity contribution in [2.24, 2.45) is 0 Å². The standard InChI is InChI=1S/C34H30O8/c1-8-9-31(35)39-29-18-25(14-16-27(29)40-32(36)20(2)3)23-10-12-24(13-11-23)26-15-17-28(41-33(37)21(4)5)30(19-26)42-34(38)22(6)7/h8-19H,2,4,6H2,1,3,5,7H3/b9-8+. The number of allylic oxidation sites excluding steroid dienone is 1. The maximum Gasteiger partial charge on any atom is 0.338 e. The predicted octanol–water partition coefficient (Wildman–Crippen LogP) is 6.95. The van der Waals surface area contributed by atoms with E-state index in [9.17, 15) is 19.2 Å². The maximum absolute atomic E-state index is 12.2. The summed E-state index contributed by atoms with van der Waals surface area (Å²) in [5.41, 5.74) is 3.49. The monoisotopic (exact) mass is 566 g/mol. The Kier molecular flexibility index (Phi) is 10.1. The second-order valence-corrected chi connectivity index (χ2v) is 9.33. The Bertz CT molecular complexity index is 1620. The Hall–Kier alpha value is -5.50. The van der Waals surface area contributed by atoms with E-state index in [1.54, 1.807) is 31.2 Å². The van der Waals surface area contributed by atoms with Crippen LogP contribution in [0.1, 0.15) is 27.7 Å². The van der Waals surface area contributed by atoms with Crippen LogP contribution in [-0.2, 0) is 19.2 Å². The summed E-state index contributed by atoms with van der Waals surface area (Å²) in [7, 11) is 0. The smallest absolute Gasteiger partial charge is 0.338 e. The molecule has 0 aromatic heterocycles. The van der Waals surface area contributed by atoms with Gasteiger partial charge in [-0.25, -0.2) is 19.2 Å². The van der Waals surface area contributed by atoms with E-state index < -0.39 is 23.9 Å². The lowest BCUT2D eigenvalue weighted by molar-refractivity contribution is -0.132. The zero-order valence-electron chi connectivity index (χ0n) is 23.8. The van der Waals surface area contributed by atoms with E-state index >= 15 is 0 Å². The van der Waals surface area contributed by atoms with Gasteiger partial charge in [0.25, 0.3) is 0 Å². The predicted molar refractivity (Wildman–Crippen MR) is 159 cm³/mol. The average molecular weight is 567 g/mol. The molecule has 8 nitrogen and oxygen atoms in total. The first-order valence-corrected chi connectivity index (χ1v) is 12.8. The first-order chi connectivity index (χ1) is 19.9. The zero-order valence-corrected chi connectivity index (χ0v) is 23.8. The highest BCUT2D eigenvalue weighted by molar-refractivity contribution is 5.92. The van der Waals surface area contributed by atoms with Gasteiger partial charge >= 0.3 is 23.9 Å². The molecule has 3 aromatic rings. The largest absolute Gasteiger partial charge is 0.419 e. The van der Waals surface area contributed by atoms with E-state index in [0.29, 0.717) is 11.1 Å². The zero-order chi connectivity index (χ0) is 31.0. The number of hydrogen-bond acceptors (Lipinski definition) is 8. The SMILES string of the molecule is C=C(C)C(=O)Oc1ccc(-c2ccc(-c3ccc(OC(=O)C(=C)C)c(OC(=O)C(=C)C)c3)cc2)cc1OC(=O)/C=C/C. The number of hydrogen-bond donors (Lipinski definition) is 0. The normalized spacial score (nSPS) is 10.5. The van der Waals surface area contributed by atoms with Crippen LogP contribution in [0, 0.1) is 0 Å². The second-order valence-electron chi connectivity index (χ2n) is 9.33. The van der Waals surface area contributed by atoms with E-state index in [4.69, 9.17) is 18.9 Å². The Morgan fingerprint density at radius 2 is 0.857 bits per heavy atom. The molecule has 0 fully saturated rings. The molecule has 3 rings (SSSR count). The molecule has 0 amide bonds. The fourth-order valence-electron chi connectivity index (χ4n) is 3.40. The van der Waals surface area contributed by atoms with Crippen LogP contribution < -0.4 is 18.9 Å². The van der Waals surface area contributed by atoms with Gasteiger partial charge in [0.1, 0.15) is 0 Å². The van der Waals surface area contributed by atoms with Gasteiger partial charge in [-0.05, 0) is 74.2 Å². The molecule has 0 atom stereocenters. The number of ether oxygens (including phenoxy) is 4. The molecular formula is C34H30O8. The second kappa shape index (κ2) is 13.7. The van der Waals surface area contributed by atoms with Crippen LogP contribution in [0.4, 0.5) is 0 Å². The molecule has 3 aromatic carbocycles. The fraction of sp³-hybridized carbons (Fsp3) is 0.118. The molecule has 0 bridgehead atoms. The Morgan fingerprint density at radius 3 is 1.21 bits per heavy atom. The first kappa shape index (κ1) is 31.0. The summed E-state index contributed by atoms with van der Waals surface area (Å²) in [4.78, 5) is 48.6. The summed E-state index contributed by atoms with van der Waals surface area (Å²) >= 11 is 0. The summed E-state index contributed by atoms with van der Waals surface area (Å²) in [5.74, 6) is -2.35. The summed E-state index contributed by atoms with van der Waals surface area (Å²) < 4.78 is 21.5. The minimum absolute atomic E-state index is 0.0478. The lowest BCUT2D eigenvalue weighted by Crippen LogP contribution is -2.12. The molecule has 0 aliphatic heterocycles. The van der Waals surface area contributed by atoms with Crippen LogP contribution in [0.15, 0.2) is 109 Å². The molecule has 0 unspecified atom stereocenters. The number of esters is 4. The summed E-state index contributed by atoms with van der Waals surface area (Å²) in [6.07, 6.45) is 2.78. The Balaban J connectivity index is 1.96. The molecule has 42 heavy (non-hydrogen) atoms. The highest BCUT2D eigenvalue weighted by atomic mass is 16.6. The quantitative estimate of drug-likeness (QED) is 0.148. The van der Waals surface area contributed by atoms with Crippen LogP contribution in [0.5, 0.6) is 23.0 Å². The van der Waals surface area contributed by atoms with Crippen molar-refractivity contribution < 1.29 is 38.1 Å². The van der Waals surface area contributed by atoms with Crippen LogP contribution in [-0.4, -0.2) is 23.9 Å². The van der Waals surface area contributed by atoms with Gasteiger partial charge in [-0.1, -0.05) is 62.2 Å². The van der Waals surface area contributed by atoms with Crippen molar-refractivity contribution in [1.29, 1.82) is 0 Å². The first-order valence-electron chi connectivity index (χ1n) is 12.8. The van der Waals surface area contributed by atoms with E-state index in [0.717, 1.165) is 11.1 Å². The van der Waals surface area contributed by atoms with Crippen molar-refractivity contribution in [2.75, 3.05) is 0 Å². The van der Waals surface area contributed by atoms with Crippen LogP contribution >= 0.6 is 0 Å². The summed E-state index contributed by atoms with van der Waals surface area (Å²) in [6, 6.07) is 17.1. The molecule has 0 spiro atoms. The molecular weight excluding hydrogens is 536 g/mol. The molecule has 0 radical (unpaired) electrons. The molecule has 0 N–H and O–H groups in total. The van der Waals surface area contributed by atoms with Crippen LogP contribution in [0.3, 0.4) is 0 Å². The average Bonchev–Trinajstić information content (AvgIpc) is 2.94. The summed E-state index contributed by atoms with van der Waals surface area (Å²) in [5, 5.41) is 0. The van der Waals surface area contributed by atoms with Crippen molar-refractivity contribution in [1.82, 2.24) is 0 Å². The van der Waals surface area contributed by atoms with Crippen molar-refractivity contribution in [3.63, 3.8) is 0 Å². The number of carbonyl (C=O) groups is 4. The summed E-state index contributed by atoms with van der Waals surface area (Å²) in [6.45, 7) is 16.9. The van der Waals surface area contributed by atoms with Crippen molar-refractivity contribution in [3.05, 3.63) is 109 Å². The lowest BCUT2D eigenvalue weighted by Gasteiger charge is -2.13. The lowest BCUT2D eigenvalue weighted by atomic mass is 9.99. The maximum atomic E-state index is 12.2. The van der Waals surface area contributed by atoms with Crippen molar-refractivity contribution in [2.45, 2.75) is 27.7 Å².